The molecule has 2 N–H and O–H groups in total. The molecule has 86 valence electrons. The number of hydrogen-bond acceptors (Lipinski definition) is 5. The summed E-state index contributed by atoms with van der Waals surface area (Å²) >= 11 is 2.82. The summed E-state index contributed by atoms with van der Waals surface area (Å²) in [6, 6.07) is 1.51. The monoisotopic (exact) mass is 267 g/mol. The van der Waals surface area contributed by atoms with Gasteiger partial charge in [0.15, 0.2) is 0 Å². The maximum Gasteiger partial charge on any atom is 0.241 e. The van der Waals surface area contributed by atoms with Gasteiger partial charge in [0.25, 0.3) is 0 Å². The summed E-state index contributed by atoms with van der Waals surface area (Å²) < 4.78 is 25.9. The minimum Gasteiger partial charge on any atom is -0.391 e. The fourth-order valence-electron chi connectivity index (χ4n) is 1.04. The summed E-state index contributed by atoms with van der Waals surface area (Å²) in [4.78, 5) is 0.669. The molecule has 0 aliphatic rings. The highest BCUT2D eigenvalue weighted by atomic mass is 32.2. The first kappa shape index (κ1) is 13.0. The van der Waals surface area contributed by atoms with Crippen LogP contribution in [0.15, 0.2) is 16.3 Å². The van der Waals surface area contributed by atoms with Crippen LogP contribution in [0.25, 0.3) is 0 Å². The maximum atomic E-state index is 11.7. The molecule has 0 saturated heterocycles. The first-order valence-electron chi connectivity index (χ1n) is 4.27. The zero-order valence-corrected chi connectivity index (χ0v) is 10.7. The third-order valence-electron chi connectivity index (χ3n) is 1.74. The molecule has 0 aromatic carbocycles. The van der Waals surface area contributed by atoms with E-state index in [0.717, 1.165) is 5.75 Å². The van der Waals surface area contributed by atoms with Crippen LogP contribution in [0.3, 0.4) is 0 Å². The Morgan fingerprint density at radius 2 is 2.33 bits per heavy atom. The van der Waals surface area contributed by atoms with Gasteiger partial charge < -0.3 is 5.11 Å². The summed E-state index contributed by atoms with van der Waals surface area (Å²) in [7, 11) is -3.44. The van der Waals surface area contributed by atoms with Crippen LogP contribution in [0.4, 0.5) is 0 Å². The van der Waals surface area contributed by atoms with E-state index in [9.17, 15) is 8.42 Å². The van der Waals surface area contributed by atoms with Crippen molar-refractivity contribution in [2.75, 3.05) is 18.6 Å². The number of sulfonamides is 1. The molecule has 0 amide bonds. The number of nitrogens with one attached hydrogen (secondary N) is 1. The molecule has 0 atom stereocenters. The second-order valence-corrected chi connectivity index (χ2v) is 6.48. The SMILES string of the molecule is CSCCNS(=O)(=O)c1ccsc1CO. The van der Waals surface area contributed by atoms with Gasteiger partial charge in [0.1, 0.15) is 0 Å². The van der Waals surface area contributed by atoms with Gasteiger partial charge in [0.2, 0.25) is 10.0 Å². The van der Waals surface area contributed by atoms with E-state index in [-0.39, 0.29) is 11.5 Å². The standard InChI is InChI=1S/C8H13NO3S3/c1-13-5-3-9-15(11,12)8-2-4-14-7(8)6-10/h2,4,9-10H,3,5-6H2,1H3. The molecule has 0 aliphatic carbocycles. The number of hydrogen-bond donors (Lipinski definition) is 2. The van der Waals surface area contributed by atoms with Crippen molar-refractivity contribution in [3.05, 3.63) is 16.3 Å². The fourth-order valence-corrected chi connectivity index (χ4v) is 3.80. The van der Waals surface area contributed by atoms with Crippen molar-refractivity contribution < 1.29 is 13.5 Å². The van der Waals surface area contributed by atoms with Crippen molar-refractivity contribution >= 4 is 33.1 Å². The lowest BCUT2D eigenvalue weighted by atomic mass is 10.5. The Labute approximate surface area is 97.8 Å². The summed E-state index contributed by atoms with van der Waals surface area (Å²) in [5.41, 5.74) is 0. The van der Waals surface area contributed by atoms with Gasteiger partial charge in [-0.3, -0.25) is 0 Å². The van der Waals surface area contributed by atoms with Crippen LogP contribution in [0.5, 0.6) is 0 Å². The highest BCUT2D eigenvalue weighted by molar-refractivity contribution is 7.98. The molecule has 0 aliphatic heterocycles. The molecule has 1 heterocycles. The van der Waals surface area contributed by atoms with Crippen LogP contribution >= 0.6 is 23.1 Å². The van der Waals surface area contributed by atoms with Gasteiger partial charge in [-0.2, -0.15) is 11.8 Å². The third-order valence-corrected chi connectivity index (χ3v) is 4.93. The second-order valence-electron chi connectivity index (χ2n) is 2.76. The molecular weight excluding hydrogens is 254 g/mol. The molecule has 0 fully saturated rings. The summed E-state index contributed by atoms with van der Waals surface area (Å²) in [6.07, 6.45) is 1.91. The van der Waals surface area contributed by atoms with Gasteiger partial charge in [0, 0.05) is 17.2 Å². The Hall–Kier alpha value is -0.0800. The molecule has 4 nitrogen and oxygen atoms in total. The van der Waals surface area contributed by atoms with Gasteiger partial charge in [0.05, 0.1) is 11.5 Å². The molecule has 7 heteroatoms. The predicted molar refractivity (Wildman–Crippen MR) is 63.8 cm³/mol. The Morgan fingerprint density at radius 1 is 1.60 bits per heavy atom. The minimum atomic E-state index is -3.44. The van der Waals surface area contributed by atoms with E-state index < -0.39 is 10.0 Å². The molecule has 1 aromatic rings. The number of thioether (sulfide) groups is 1. The first-order chi connectivity index (χ1) is 7.11. The van der Waals surface area contributed by atoms with E-state index in [1.54, 1.807) is 17.1 Å². The second kappa shape index (κ2) is 5.86. The summed E-state index contributed by atoms with van der Waals surface area (Å²) in [5, 5.41) is 10.6. The summed E-state index contributed by atoms with van der Waals surface area (Å²) in [5.74, 6) is 0.734. The van der Waals surface area contributed by atoms with E-state index >= 15 is 0 Å². The molecular formula is C8H13NO3S3. The van der Waals surface area contributed by atoms with Crippen molar-refractivity contribution in [3.63, 3.8) is 0 Å². The first-order valence-corrected chi connectivity index (χ1v) is 8.03. The Balaban J connectivity index is 2.77. The van der Waals surface area contributed by atoms with Crippen LogP contribution in [-0.2, 0) is 16.6 Å². The quantitative estimate of drug-likeness (QED) is 0.751. The third kappa shape index (κ3) is 3.46. The molecule has 1 rings (SSSR count). The zero-order chi connectivity index (χ0) is 11.3. The van der Waals surface area contributed by atoms with Crippen LogP contribution in [0, 0.1) is 0 Å². The number of rotatable bonds is 6. The van der Waals surface area contributed by atoms with Crippen molar-refractivity contribution in [1.82, 2.24) is 4.72 Å². The van der Waals surface area contributed by atoms with Crippen molar-refractivity contribution in [2.24, 2.45) is 0 Å². The van der Waals surface area contributed by atoms with Gasteiger partial charge in [-0.05, 0) is 17.7 Å². The Bertz CT molecular complexity index is 399. The van der Waals surface area contributed by atoms with E-state index in [4.69, 9.17) is 5.11 Å². The Morgan fingerprint density at radius 3 is 2.93 bits per heavy atom. The van der Waals surface area contributed by atoms with E-state index in [0.29, 0.717) is 11.4 Å². The molecule has 0 radical (unpaired) electrons. The lowest BCUT2D eigenvalue weighted by Crippen LogP contribution is -2.26. The molecule has 0 unspecified atom stereocenters. The largest absolute Gasteiger partial charge is 0.391 e. The van der Waals surface area contributed by atoms with Crippen LogP contribution < -0.4 is 4.72 Å². The molecule has 0 spiro atoms. The van der Waals surface area contributed by atoms with E-state index in [2.05, 4.69) is 4.72 Å². The van der Waals surface area contributed by atoms with Crippen molar-refractivity contribution in [2.45, 2.75) is 11.5 Å². The average Bonchev–Trinajstić information content (AvgIpc) is 2.66. The normalized spacial score (nSPS) is 11.9. The number of aliphatic hydroxyl groups is 1. The number of aliphatic hydroxyl groups excluding tert-OH is 1. The topological polar surface area (TPSA) is 66.4 Å². The highest BCUT2D eigenvalue weighted by Crippen LogP contribution is 2.21. The molecule has 0 saturated carbocycles. The molecule has 15 heavy (non-hydrogen) atoms. The van der Waals surface area contributed by atoms with Crippen LogP contribution in [-0.4, -0.2) is 32.1 Å². The van der Waals surface area contributed by atoms with Crippen molar-refractivity contribution in [3.8, 4) is 0 Å². The minimum absolute atomic E-state index is 0.191. The van der Waals surface area contributed by atoms with Gasteiger partial charge >= 0.3 is 0 Å². The molecule has 1 aromatic heterocycles. The van der Waals surface area contributed by atoms with Crippen LogP contribution in [0.1, 0.15) is 4.88 Å². The van der Waals surface area contributed by atoms with Crippen LogP contribution in [0.2, 0.25) is 0 Å². The smallest absolute Gasteiger partial charge is 0.241 e. The van der Waals surface area contributed by atoms with Gasteiger partial charge in [-0.1, -0.05) is 0 Å². The predicted octanol–water partition coefficient (Wildman–Crippen LogP) is 0.882. The lowest BCUT2D eigenvalue weighted by Gasteiger charge is -2.05. The van der Waals surface area contributed by atoms with Gasteiger partial charge in [-0.25, -0.2) is 13.1 Å². The van der Waals surface area contributed by atoms with Crippen molar-refractivity contribution in [1.29, 1.82) is 0 Å². The average molecular weight is 267 g/mol. The summed E-state index contributed by atoms with van der Waals surface area (Å²) in [6.45, 7) is 0.167. The fraction of sp³-hybridized carbons (Fsp3) is 0.500. The zero-order valence-electron chi connectivity index (χ0n) is 8.26. The highest BCUT2D eigenvalue weighted by Gasteiger charge is 2.18. The Kier molecular flexibility index (Phi) is 5.07. The van der Waals surface area contributed by atoms with E-state index in [1.165, 1.54) is 17.4 Å². The molecule has 0 bridgehead atoms. The number of thiophene rings is 1. The maximum absolute atomic E-state index is 11.7. The van der Waals surface area contributed by atoms with Gasteiger partial charge in [-0.15, -0.1) is 11.3 Å². The van der Waals surface area contributed by atoms with E-state index in [1.807, 2.05) is 6.26 Å². The lowest BCUT2D eigenvalue weighted by molar-refractivity contribution is 0.282.